The van der Waals surface area contributed by atoms with Gasteiger partial charge in [0.05, 0.1) is 9.82 Å². The van der Waals surface area contributed by atoms with E-state index >= 15 is 0 Å². The molecule has 1 amide bonds. The zero-order valence-corrected chi connectivity index (χ0v) is 15.4. The first-order chi connectivity index (χ1) is 13.4. The maximum absolute atomic E-state index is 12.0. The topological polar surface area (TPSA) is 143 Å². The van der Waals surface area contributed by atoms with Gasteiger partial charge in [-0.2, -0.15) is 0 Å². The van der Waals surface area contributed by atoms with Crippen molar-refractivity contribution in [1.29, 1.82) is 0 Å². The number of hydrogen-bond donors (Lipinski definition) is 3. The molecule has 10 nitrogen and oxygen atoms in total. The highest BCUT2D eigenvalue weighted by Gasteiger charge is 2.30. The Morgan fingerprint density at radius 1 is 1.11 bits per heavy atom. The number of aliphatic imine (C=N–C) groups is 1. The van der Waals surface area contributed by atoms with Gasteiger partial charge in [0.15, 0.2) is 0 Å². The van der Waals surface area contributed by atoms with Crippen LogP contribution in [-0.4, -0.2) is 44.7 Å². The summed E-state index contributed by atoms with van der Waals surface area (Å²) in [6.45, 7) is 0.248. The first-order valence-electron chi connectivity index (χ1n) is 8.29. The fourth-order valence-electron chi connectivity index (χ4n) is 2.64. The summed E-state index contributed by atoms with van der Waals surface area (Å²) in [6, 6.07) is 12.6. The Morgan fingerprint density at radius 2 is 1.82 bits per heavy atom. The number of amides is 1. The minimum absolute atomic E-state index is 0.0487. The number of fused-ring (bicyclic) bond motifs is 1. The summed E-state index contributed by atoms with van der Waals surface area (Å²) in [5.74, 6) is -0.274. The summed E-state index contributed by atoms with van der Waals surface area (Å²) in [5.41, 5.74) is 0.736. The Labute approximate surface area is 160 Å². The number of sulfonamides is 1. The van der Waals surface area contributed by atoms with Crippen LogP contribution in [0, 0.1) is 10.1 Å². The van der Waals surface area contributed by atoms with Crippen LogP contribution >= 0.6 is 0 Å². The molecule has 0 unspecified atom stereocenters. The van der Waals surface area contributed by atoms with Gasteiger partial charge in [0.25, 0.3) is 15.7 Å². The van der Waals surface area contributed by atoms with E-state index in [9.17, 15) is 23.3 Å². The normalized spacial score (nSPS) is 15.5. The van der Waals surface area contributed by atoms with Crippen molar-refractivity contribution in [2.24, 2.45) is 4.99 Å². The Balaban J connectivity index is 1.51. The second-order valence-corrected chi connectivity index (χ2v) is 7.47. The van der Waals surface area contributed by atoms with Crippen molar-refractivity contribution in [2.45, 2.75) is 4.90 Å². The van der Waals surface area contributed by atoms with Crippen LogP contribution in [0.25, 0.3) is 0 Å². The molecule has 0 aliphatic carbocycles. The third-order valence-electron chi connectivity index (χ3n) is 3.91. The number of para-hydroxylation sites is 2. The summed E-state index contributed by atoms with van der Waals surface area (Å²) in [6.07, 6.45) is 0. The van der Waals surface area contributed by atoms with E-state index in [4.69, 9.17) is 0 Å². The maximum atomic E-state index is 12.0. The number of amidine groups is 1. The minimum atomic E-state index is -3.64. The minimum Gasteiger partial charge on any atom is -0.378 e. The number of rotatable bonds is 7. The molecule has 0 fully saturated rings. The van der Waals surface area contributed by atoms with Gasteiger partial charge >= 0.3 is 0 Å². The summed E-state index contributed by atoms with van der Waals surface area (Å²) >= 11 is 0. The molecule has 1 aliphatic rings. The van der Waals surface area contributed by atoms with Crippen molar-refractivity contribution in [3.05, 3.63) is 64.2 Å². The molecule has 0 atom stereocenters. The number of carbonyl (C=O) groups is 1. The third-order valence-corrected chi connectivity index (χ3v) is 5.30. The van der Waals surface area contributed by atoms with Gasteiger partial charge in [-0.05, 0) is 18.2 Å². The van der Waals surface area contributed by atoms with Crippen LogP contribution in [-0.2, 0) is 14.8 Å². The lowest BCUT2D eigenvalue weighted by Gasteiger charge is -2.08. The molecule has 0 saturated carbocycles. The second kappa shape index (κ2) is 8.05. The third kappa shape index (κ3) is 4.26. The summed E-state index contributed by atoms with van der Waals surface area (Å²) in [7, 11) is -3.64. The molecule has 0 bridgehead atoms. The highest BCUT2D eigenvalue weighted by Crippen LogP contribution is 2.23. The van der Waals surface area contributed by atoms with E-state index in [1.54, 1.807) is 36.4 Å². The van der Waals surface area contributed by atoms with Crippen LogP contribution in [0.4, 0.5) is 11.4 Å². The standard InChI is InChI=1S/C17H17N5O5S/c23-16(19-10-9-18-13-6-2-3-7-14(13)22(24)25)11-20-17-12-5-1-4-8-15(12)28(26,27)21-17/h1-8,18H,9-11H2,(H,19,23)(H,20,21). The molecule has 28 heavy (non-hydrogen) atoms. The fourth-order valence-corrected chi connectivity index (χ4v) is 3.89. The van der Waals surface area contributed by atoms with E-state index in [1.807, 2.05) is 0 Å². The molecule has 0 spiro atoms. The average Bonchev–Trinajstić information content (AvgIpc) is 2.94. The van der Waals surface area contributed by atoms with Gasteiger partial charge in [-0.15, -0.1) is 0 Å². The molecule has 0 aromatic heterocycles. The van der Waals surface area contributed by atoms with E-state index in [-0.39, 0.29) is 36.1 Å². The molecule has 1 heterocycles. The van der Waals surface area contributed by atoms with Gasteiger partial charge < -0.3 is 10.6 Å². The predicted octanol–water partition coefficient (Wildman–Crippen LogP) is 0.862. The zero-order chi connectivity index (χ0) is 20.1. The van der Waals surface area contributed by atoms with Crippen molar-refractivity contribution >= 4 is 33.1 Å². The average molecular weight is 403 g/mol. The van der Waals surface area contributed by atoms with Crippen molar-refractivity contribution < 1.29 is 18.1 Å². The van der Waals surface area contributed by atoms with Crippen molar-refractivity contribution in [3.8, 4) is 0 Å². The number of carbonyl (C=O) groups excluding carboxylic acids is 1. The molecular weight excluding hydrogens is 386 g/mol. The molecule has 2 aromatic carbocycles. The van der Waals surface area contributed by atoms with Gasteiger partial charge in [-0.3, -0.25) is 24.6 Å². The van der Waals surface area contributed by atoms with Crippen LogP contribution in [0.2, 0.25) is 0 Å². The number of nitrogens with zero attached hydrogens (tertiary/aromatic N) is 2. The summed E-state index contributed by atoms with van der Waals surface area (Å²) in [4.78, 5) is 26.5. The maximum Gasteiger partial charge on any atom is 0.292 e. The highest BCUT2D eigenvalue weighted by atomic mass is 32.2. The van der Waals surface area contributed by atoms with Crippen LogP contribution < -0.4 is 15.4 Å². The molecule has 0 radical (unpaired) electrons. The van der Waals surface area contributed by atoms with Crippen molar-refractivity contribution in [1.82, 2.24) is 10.0 Å². The number of benzene rings is 2. The van der Waals surface area contributed by atoms with Gasteiger partial charge in [0, 0.05) is 24.7 Å². The Kier molecular flexibility index (Phi) is 5.54. The molecule has 11 heteroatoms. The van der Waals surface area contributed by atoms with Gasteiger partial charge in [-0.1, -0.05) is 24.3 Å². The number of hydrogen-bond acceptors (Lipinski definition) is 7. The molecule has 3 rings (SSSR count). The molecule has 0 saturated heterocycles. The van der Waals surface area contributed by atoms with Crippen molar-refractivity contribution in [2.75, 3.05) is 25.0 Å². The molecular formula is C17H17N5O5S. The lowest BCUT2D eigenvalue weighted by Crippen LogP contribution is -2.31. The number of anilines is 1. The number of nitro groups is 1. The lowest BCUT2D eigenvalue weighted by atomic mass is 10.2. The highest BCUT2D eigenvalue weighted by molar-refractivity contribution is 7.90. The summed E-state index contributed by atoms with van der Waals surface area (Å²) < 4.78 is 26.3. The Bertz CT molecular complexity index is 1050. The molecule has 1 aliphatic heterocycles. The van der Waals surface area contributed by atoms with Gasteiger partial charge in [0.2, 0.25) is 5.91 Å². The smallest absolute Gasteiger partial charge is 0.292 e. The largest absolute Gasteiger partial charge is 0.378 e. The van der Waals surface area contributed by atoms with E-state index < -0.39 is 20.9 Å². The number of nitro benzene ring substituents is 1. The molecule has 3 N–H and O–H groups in total. The van der Waals surface area contributed by atoms with E-state index in [1.165, 1.54) is 12.1 Å². The monoisotopic (exact) mass is 403 g/mol. The predicted molar refractivity (Wildman–Crippen MR) is 103 cm³/mol. The van der Waals surface area contributed by atoms with Crippen molar-refractivity contribution in [3.63, 3.8) is 0 Å². The first kappa shape index (κ1) is 19.3. The van der Waals surface area contributed by atoms with E-state index in [2.05, 4.69) is 20.3 Å². The van der Waals surface area contributed by atoms with Crippen LogP contribution in [0.1, 0.15) is 5.56 Å². The van der Waals surface area contributed by atoms with E-state index in [0.29, 0.717) is 11.3 Å². The quantitative estimate of drug-likeness (QED) is 0.355. The fraction of sp³-hybridized carbons (Fsp3) is 0.176. The second-order valence-electron chi connectivity index (χ2n) is 5.82. The van der Waals surface area contributed by atoms with Crippen LogP contribution in [0.15, 0.2) is 58.4 Å². The van der Waals surface area contributed by atoms with Gasteiger partial charge in [0.1, 0.15) is 18.1 Å². The van der Waals surface area contributed by atoms with Gasteiger partial charge in [-0.25, -0.2) is 8.42 Å². The van der Waals surface area contributed by atoms with Crippen LogP contribution in [0.3, 0.4) is 0 Å². The first-order valence-corrected chi connectivity index (χ1v) is 9.77. The SMILES string of the molecule is O=C(CN=C1NS(=O)(=O)c2ccccc21)NCCNc1ccccc1[N+](=O)[O-]. The molecule has 146 valence electrons. The van der Waals surface area contributed by atoms with Crippen LogP contribution in [0.5, 0.6) is 0 Å². The summed E-state index contributed by atoms with van der Waals surface area (Å²) in [5, 5.41) is 16.4. The molecule has 2 aromatic rings. The zero-order valence-electron chi connectivity index (χ0n) is 14.6. The number of nitrogens with one attached hydrogen (secondary N) is 3. The van der Waals surface area contributed by atoms with E-state index in [0.717, 1.165) is 0 Å². The Morgan fingerprint density at radius 3 is 2.61 bits per heavy atom. The lowest BCUT2D eigenvalue weighted by molar-refractivity contribution is -0.384. The Hall–Kier alpha value is -3.47.